The van der Waals surface area contributed by atoms with Gasteiger partial charge in [0.25, 0.3) is 0 Å². The Morgan fingerprint density at radius 1 is 1.40 bits per heavy atom. The highest BCUT2D eigenvalue weighted by Gasteiger charge is 2.27. The molecule has 1 aromatic carbocycles. The lowest BCUT2D eigenvalue weighted by molar-refractivity contribution is -0.105. The van der Waals surface area contributed by atoms with Crippen LogP contribution in [0.1, 0.15) is 23.1 Å². The normalized spacial score (nSPS) is 11.7. The monoisotopic (exact) mass is 338 g/mol. The Labute approximate surface area is 142 Å². The molecule has 1 amide bonds. The van der Waals surface area contributed by atoms with Gasteiger partial charge in [0.2, 0.25) is 6.41 Å². The summed E-state index contributed by atoms with van der Waals surface area (Å²) in [6.07, 6.45) is 3.65. The van der Waals surface area contributed by atoms with Crippen molar-refractivity contribution in [3.63, 3.8) is 0 Å². The third-order valence-electron chi connectivity index (χ3n) is 3.97. The third kappa shape index (κ3) is 2.36. The van der Waals surface area contributed by atoms with Crippen LogP contribution < -0.4 is 5.32 Å². The molecule has 0 unspecified atom stereocenters. The summed E-state index contributed by atoms with van der Waals surface area (Å²) in [5.74, 6) is 0.170. The summed E-state index contributed by atoms with van der Waals surface area (Å²) in [5, 5.41) is 6.87. The molecular weight excluding hydrogens is 324 g/mol. The summed E-state index contributed by atoms with van der Waals surface area (Å²) in [6, 6.07) is 5.42. The van der Waals surface area contributed by atoms with Crippen LogP contribution in [0, 0.1) is 0 Å². The molecule has 1 aliphatic rings. The largest absolute Gasteiger partial charge is 0.461 e. The molecule has 0 atom stereocenters. The summed E-state index contributed by atoms with van der Waals surface area (Å²) in [6.45, 7) is 2.35. The molecule has 1 aliphatic heterocycles. The summed E-state index contributed by atoms with van der Waals surface area (Å²) < 4.78 is 8.60. The second-order valence-corrected chi connectivity index (χ2v) is 5.37. The van der Waals surface area contributed by atoms with Crippen LogP contribution in [-0.2, 0) is 16.1 Å². The van der Waals surface area contributed by atoms with Crippen LogP contribution in [-0.4, -0.2) is 43.3 Å². The van der Waals surface area contributed by atoms with Gasteiger partial charge >= 0.3 is 5.97 Å². The Morgan fingerprint density at radius 2 is 2.28 bits per heavy atom. The van der Waals surface area contributed by atoms with Crippen LogP contribution in [0.2, 0.25) is 0 Å². The van der Waals surface area contributed by atoms with Gasteiger partial charge in [0, 0.05) is 11.3 Å². The average molecular weight is 338 g/mol. The maximum atomic E-state index is 12.2. The highest BCUT2D eigenvalue weighted by Crippen LogP contribution is 2.33. The Morgan fingerprint density at radius 3 is 3.08 bits per heavy atom. The minimum absolute atomic E-state index is 0.256. The van der Waals surface area contributed by atoms with Crippen LogP contribution in [0.4, 0.5) is 5.69 Å². The van der Waals surface area contributed by atoms with Crippen molar-refractivity contribution in [3.8, 4) is 17.1 Å². The topological polar surface area (TPSA) is 104 Å². The maximum absolute atomic E-state index is 12.2. The Hall–Kier alpha value is -3.49. The first-order valence-electron chi connectivity index (χ1n) is 7.69. The molecule has 3 aromatic rings. The van der Waals surface area contributed by atoms with E-state index in [0.717, 1.165) is 11.3 Å². The first kappa shape index (κ1) is 15.1. The number of carbonyl (C=O) groups is 2. The second kappa shape index (κ2) is 5.86. The number of rotatable bonds is 4. The van der Waals surface area contributed by atoms with Crippen molar-refractivity contribution in [1.82, 2.24) is 24.3 Å². The van der Waals surface area contributed by atoms with Crippen LogP contribution >= 0.6 is 0 Å². The van der Waals surface area contributed by atoms with Gasteiger partial charge in [-0.1, -0.05) is 0 Å². The van der Waals surface area contributed by atoms with Crippen molar-refractivity contribution in [3.05, 3.63) is 42.2 Å². The quantitative estimate of drug-likeness (QED) is 0.443. The zero-order valence-corrected chi connectivity index (χ0v) is 13.3. The molecule has 1 N–H and O–H groups in total. The molecule has 0 saturated heterocycles. The average Bonchev–Trinajstić information content (AvgIpc) is 3.21. The Bertz CT molecular complexity index is 974. The number of benzene rings is 1. The molecule has 0 radical (unpaired) electrons. The number of nitrogens with zero attached hydrogens (tertiary/aromatic N) is 5. The van der Waals surface area contributed by atoms with E-state index in [-0.39, 0.29) is 12.3 Å². The molecule has 0 saturated carbocycles. The van der Waals surface area contributed by atoms with Crippen molar-refractivity contribution < 1.29 is 14.3 Å². The standard InChI is InChI=1S/C16H14N6O3/c1-2-25-16(24)14-13-6-22-15(17-7-20-22)11-5-10(19-9-23)3-4-12(11)21(13)8-18-14/h3-5,7-9H,2,6H2,1H3,(H,19,23). The first-order valence-corrected chi connectivity index (χ1v) is 7.69. The predicted molar refractivity (Wildman–Crippen MR) is 87.3 cm³/mol. The Kier molecular flexibility index (Phi) is 3.53. The van der Waals surface area contributed by atoms with E-state index in [1.165, 1.54) is 6.33 Å². The van der Waals surface area contributed by atoms with E-state index in [1.807, 2.05) is 16.7 Å². The Balaban J connectivity index is 1.93. The predicted octanol–water partition coefficient (Wildman–Crippen LogP) is 1.24. The summed E-state index contributed by atoms with van der Waals surface area (Å²) in [5.41, 5.74) is 3.13. The van der Waals surface area contributed by atoms with Crippen LogP contribution in [0.5, 0.6) is 0 Å². The summed E-state index contributed by atoms with van der Waals surface area (Å²) in [7, 11) is 0. The molecule has 9 heteroatoms. The smallest absolute Gasteiger partial charge is 0.358 e. The van der Waals surface area contributed by atoms with E-state index < -0.39 is 5.97 Å². The van der Waals surface area contributed by atoms with Gasteiger partial charge in [0.15, 0.2) is 11.5 Å². The summed E-state index contributed by atoms with van der Waals surface area (Å²) in [4.78, 5) is 31.5. The number of amides is 1. The van der Waals surface area contributed by atoms with Crippen molar-refractivity contribution in [2.45, 2.75) is 13.5 Å². The van der Waals surface area contributed by atoms with Crippen LogP contribution in [0.3, 0.4) is 0 Å². The van der Waals surface area contributed by atoms with Gasteiger partial charge < -0.3 is 10.1 Å². The molecule has 0 aliphatic carbocycles. The van der Waals surface area contributed by atoms with Gasteiger partial charge in [0.05, 0.1) is 24.5 Å². The molecule has 4 rings (SSSR count). The van der Waals surface area contributed by atoms with Crippen LogP contribution in [0.25, 0.3) is 17.1 Å². The minimum atomic E-state index is -0.472. The molecule has 25 heavy (non-hydrogen) atoms. The van der Waals surface area contributed by atoms with E-state index in [1.54, 1.807) is 24.0 Å². The lowest BCUT2D eigenvalue weighted by Crippen LogP contribution is -2.12. The zero-order chi connectivity index (χ0) is 17.4. The van der Waals surface area contributed by atoms with Gasteiger partial charge in [-0.3, -0.25) is 9.36 Å². The number of hydrogen-bond donors (Lipinski definition) is 1. The molecule has 0 fully saturated rings. The molecule has 0 bridgehead atoms. The lowest BCUT2D eigenvalue weighted by atomic mass is 10.1. The number of anilines is 1. The van der Waals surface area contributed by atoms with E-state index in [0.29, 0.717) is 30.2 Å². The highest BCUT2D eigenvalue weighted by atomic mass is 16.5. The van der Waals surface area contributed by atoms with Gasteiger partial charge in [-0.15, -0.1) is 0 Å². The van der Waals surface area contributed by atoms with Crippen molar-refractivity contribution in [2.24, 2.45) is 0 Å². The number of fused-ring (bicyclic) bond motifs is 5. The van der Waals surface area contributed by atoms with Gasteiger partial charge in [-0.05, 0) is 25.1 Å². The maximum Gasteiger partial charge on any atom is 0.358 e. The number of hydrogen-bond acceptors (Lipinski definition) is 6. The number of carbonyl (C=O) groups excluding carboxylic acids is 2. The molecule has 126 valence electrons. The van der Waals surface area contributed by atoms with Crippen molar-refractivity contribution in [1.29, 1.82) is 0 Å². The third-order valence-corrected chi connectivity index (χ3v) is 3.97. The molecular formula is C16H14N6O3. The fourth-order valence-electron chi connectivity index (χ4n) is 2.92. The minimum Gasteiger partial charge on any atom is -0.461 e. The number of aromatic nitrogens is 5. The fraction of sp³-hybridized carbons (Fsp3) is 0.188. The lowest BCUT2D eigenvalue weighted by Gasteiger charge is -2.10. The van der Waals surface area contributed by atoms with Gasteiger partial charge in [-0.25, -0.2) is 19.4 Å². The zero-order valence-electron chi connectivity index (χ0n) is 13.3. The number of nitrogens with one attached hydrogen (secondary N) is 1. The van der Waals surface area contributed by atoms with E-state index in [9.17, 15) is 9.59 Å². The fourth-order valence-corrected chi connectivity index (χ4v) is 2.92. The number of imidazole rings is 1. The van der Waals surface area contributed by atoms with Crippen molar-refractivity contribution in [2.75, 3.05) is 11.9 Å². The second-order valence-electron chi connectivity index (χ2n) is 5.37. The van der Waals surface area contributed by atoms with E-state index in [4.69, 9.17) is 4.74 Å². The first-order chi connectivity index (χ1) is 12.2. The van der Waals surface area contributed by atoms with E-state index >= 15 is 0 Å². The van der Waals surface area contributed by atoms with Gasteiger partial charge in [0.1, 0.15) is 12.7 Å². The SMILES string of the molecule is CCOC(=O)c1ncn2c1Cn1ncnc1-c1cc(NC=O)ccc1-2. The molecule has 2 aromatic heterocycles. The van der Waals surface area contributed by atoms with Crippen LogP contribution in [0.15, 0.2) is 30.9 Å². The summed E-state index contributed by atoms with van der Waals surface area (Å²) >= 11 is 0. The molecule has 3 heterocycles. The number of esters is 1. The van der Waals surface area contributed by atoms with Gasteiger partial charge in [-0.2, -0.15) is 5.10 Å². The molecule has 9 nitrogen and oxygen atoms in total. The highest BCUT2D eigenvalue weighted by molar-refractivity contribution is 5.89. The number of ether oxygens (including phenoxy) is 1. The van der Waals surface area contributed by atoms with Crippen molar-refractivity contribution >= 4 is 18.1 Å². The van der Waals surface area contributed by atoms with E-state index in [2.05, 4.69) is 20.4 Å². The molecule has 0 spiro atoms.